The van der Waals surface area contributed by atoms with E-state index in [4.69, 9.17) is 4.74 Å². The molecule has 1 unspecified atom stereocenters. The summed E-state index contributed by atoms with van der Waals surface area (Å²) in [5.41, 5.74) is 7.38. The SMILES string of the molecule is CCCN(C)CCOCCn1nnc2c(C)c(C(CC(=O)O)c3ccc4c(c3)CNCC4)ccc21. The number of ether oxygens (including phenoxy) is 1. The average Bonchev–Trinajstić information content (AvgIpc) is 3.26. The van der Waals surface area contributed by atoms with E-state index in [0.717, 1.165) is 66.7 Å². The van der Waals surface area contributed by atoms with Crippen molar-refractivity contribution in [2.24, 2.45) is 0 Å². The first-order chi connectivity index (χ1) is 17.0. The molecule has 0 radical (unpaired) electrons. The second-order valence-electron chi connectivity index (χ2n) is 9.48. The summed E-state index contributed by atoms with van der Waals surface area (Å²) in [5.74, 6) is -1.05. The number of hydrogen-bond acceptors (Lipinski definition) is 6. The first-order valence-corrected chi connectivity index (χ1v) is 12.6. The van der Waals surface area contributed by atoms with E-state index >= 15 is 0 Å². The molecule has 1 aromatic heterocycles. The van der Waals surface area contributed by atoms with Gasteiger partial charge in [-0.25, -0.2) is 4.68 Å². The lowest BCUT2D eigenvalue weighted by atomic mass is 9.83. The van der Waals surface area contributed by atoms with E-state index in [1.54, 1.807) is 0 Å². The van der Waals surface area contributed by atoms with Crippen LogP contribution >= 0.6 is 0 Å². The predicted octanol–water partition coefficient (Wildman–Crippen LogP) is 3.35. The van der Waals surface area contributed by atoms with Crippen molar-refractivity contribution in [3.63, 3.8) is 0 Å². The Morgan fingerprint density at radius 2 is 2.09 bits per heavy atom. The molecular weight excluding hydrogens is 442 g/mol. The number of aryl methyl sites for hydroxylation is 1. The van der Waals surface area contributed by atoms with Crippen molar-refractivity contribution >= 4 is 17.0 Å². The summed E-state index contributed by atoms with van der Waals surface area (Å²) in [4.78, 5) is 14.1. The Morgan fingerprint density at radius 3 is 2.89 bits per heavy atom. The smallest absolute Gasteiger partial charge is 0.304 e. The molecule has 0 aliphatic carbocycles. The van der Waals surface area contributed by atoms with Crippen molar-refractivity contribution < 1.29 is 14.6 Å². The van der Waals surface area contributed by atoms with Crippen LogP contribution in [0.4, 0.5) is 0 Å². The second-order valence-corrected chi connectivity index (χ2v) is 9.48. The third-order valence-electron chi connectivity index (χ3n) is 6.93. The second kappa shape index (κ2) is 11.7. The molecule has 2 heterocycles. The molecule has 0 saturated heterocycles. The highest BCUT2D eigenvalue weighted by Crippen LogP contribution is 2.34. The lowest BCUT2D eigenvalue weighted by Crippen LogP contribution is -2.24. The topological polar surface area (TPSA) is 92.5 Å². The number of hydrogen-bond donors (Lipinski definition) is 2. The number of aromatic nitrogens is 3. The van der Waals surface area contributed by atoms with Gasteiger partial charge < -0.3 is 20.1 Å². The number of nitrogens with one attached hydrogen (secondary N) is 1. The fourth-order valence-corrected chi connectivity index (χ4v) is 4.99. The van der Waals surface area contributed by atoms with Crippen LogP contribution in [0.3, 0.4) is 0 Å². The highest BCUT2D eigenvalue weighted by Gasteiger charge is 2.23. The van der Waals surface area contributed by atoms with Gasteiger partial charge in [-0.1, -0.05) is 36.4 Å². The van der Waals surface area contributed by atoms with Crippen LogP contribution in [-0.4, -0.2) is 70.9 Å². The van der Waals surface area contributed by atoms with Crippen molar-refractivity contribution in [2.45, 2.75) is 52.1 Å². The van der Waals surface area contributed by atoms with Crippen molar-refractivity contribution in [1.29, 1.82) is 0 Å². The highest BCUT2D eigenvalue weighted by atomic mass is 16.5. The molecule has 0 fully saturated rings. The minimum atomic E-state index is -0.810. The minimum Gasteiger partial charge on any atom is -0.481 e. The van der Waals surface area contributed by atoms with Crippen LogP contribution in [0.2, 0.25) is 0 Å². The Balaban J connectivity index is 1.52. The molecule has 2 aromatic carbocycles. The van der Waals surface area contributed by atoms with Crippen molar-refractivity contribution in [3.05, 3.63) is 58.1 Å². The van der Waals surface area contributed by atoms with Crippen LogP contribution in [0.25, 0.3) is 11.0 Å². The molecule has 1 atom stereocenters. The molecule has 0 spiro atoms. The van der Waals surface area contributed by atoms with E-state index in [1.165, 1.54) is 11.1 Å². The van der Waals surface area contributed by atoms with Crippen molar-refractivity contribution in [2.75, 3.05) is 39.9 Å². The summed E-state index contributed by atoms with van der Waals surface area (Å²) >= 11 is 0. The number of nitrogens with zero attached hydrogens (tertiary/aromatic N) is 4. The van der Waals surface area contributed by atoms with Gasteiger partial charge in [0.15, 0.2) is 0 Å². The maximum atomic E-state index is 11.8. The van der Waals surface area contributed by atoms with E-state index in [2.05, 4.69) is 52.7 Å². The quantitative estimate of drug-likeness (QED) is 0.385. The summed E-state index contributed by atoms with van der Waals surface area (Å²) in [7, 11) is 2.11. The van der Waals surface area contributed by atoms with E-state index in [1.807, 2.05) is 23.7 Å². The molecule has 0 saturated carbocycles. The molecule has 1 aliphatic rings. The van der Waals surface area contributed by atoms with E-state index in [9.17, 15) is 9.90 Å². The van der Waals surface area contributed by atoms with Gasteiger partial charge in [0.2, 0.25) is 0 Å². The van der Waals surface area contributed by atoms with Crippen molar-refractivity contribution in [3.8, 4) is 0 Å². The molecule has 1 aliphatic heterocycles. The Kier molecular flexibility index (Phi) is 8.49. The molecule has 8 heteroatoms. The fourth-order valence-electron chi connectivity index (χ4n) is 4.99. The van der Waals surface area contributed by atoms with Crippen LogP contribution < -0.4 is 5.32 Å². The largest absolute Gasteiger partial charge is 0.481 e. The molecular formula is C27H37N5O3. The predicted molar refractivity (Wildman–Crippen MR) is 137 cm³/mol. The maximum Gasteiger partial charge on any atom is 0.304 e. The van der Waals surface area contributed by atoms with Gasteiger partial charge in [0.1, 0.15) is 5.52 Å². The van der Waals surface area contributed by atoms with Crippen LogP contribution in [0.15, 0.2) is 30.3 Å². The summed E-state index contributed by atoms with van der Waals surface area (Å²) in [6.45, 7) is 9.89. The summed E-state index contributed by atoms with van der Waals surface area (Å²) in [6.07, 6.45) is 2.18. The van der Waals surface area contributed by atoms with Crippen molar-refractivity contribution in [1.82, 2.24) is 25.2 Å². The number of likely N-dealkylation sites (N-methyl/N-ethyl adjacent to an activating group) is 1. The Labute approximate surface area is 207 Å². The van der Waals surface area contributed by atoms with Gasteiger partial charge in [-0.2, -0.15) is 0 Å². The van der Waals surface area contributed by atoms with Crippen LogP contribution in [0, 0.1) is 6.92 Å². The Morgan fingerprint density at radius 1 is 1.23 bits per heavy atom. The third kappa shape index (κ3) is 6.07. The van der Waals surface area contributed by atoms with Crippen LogP contribution in [-0.2, 0) is 29.0 Å². The number of rotatable bonds is 12. The fraction of sp³-hybridized carbons (Fsp3) is 0.519. The summed E-state index contributed by atoms with van der Waals surface area (Å²) in [5, 5.41) is 21.9. The average molecular weight is 480 g/mol. The number of carboxylic acid groups (broad SMARTS) is 1. The Hall–Kier alpha value is -2.81. The number of carbonyl (C=O) groups is 1. The molecule has 35 heavy (non-hydrogen) atoms. The molecule has 8 nitrogen and oxygen atoms in total. The molecule has 2 N–H and O–H groups in total. The van der Waals surface area contributed by atoms with E-state index < -0.39 is 5.97 Å². The number of carboxylic acids is 1. The molecule has 0 amide bonds. The van der Waals surface area contributed by atoms with Gasteiger partial charge in [-0.3, -0.25) is 4.79 Å². The number of aliphatic carboxylic acids is 1. The lowest BCUT2D eigenvalue weighted by molar-refractivity contribution is -0.137. The van der Waals surface area contributed by atoms with E-state index in [-0.39, 0.29) is 12.3 Å². The van der Waals surface area contributed by atoms with Gasteiger partial charge in [-0.15, -0.1) is 5.10 Å². The zero-order valence-electron chi connectivity index (χ0n) is 21.1. The number of benzene rings is 2. The molecule has 188 valence electrons. The summed E-state index contributed by atoms with van der Waals surface area (Å²) < 4.78 is 7.69. The summed E-state index contributed by atoms with van der Waals surface area (Å²) in [6, 6.07) is 10.5. The first kappa shape index (κ1) is 25.3. The number of fused-ring (bicyclic) bond motifs is 2. The van der Waals surface area contributed by atoms with E-state index in [0.29, 0.717) is 19.8 Å². The van der Waals surface area contributed by atoms with Crippen LogP contribution in [0.5, 0.6) is 0 Å². The molecule has 0 bridgehead atoms. The minimum absolute atomic E-state index is 0.0347. The maximum absolute atomic E-state index is 11.8. The Bertz CT molecular complexity index is 1160. The van der Waals surface area contributed by atoms with Gasteiger partial charge in [0, 0.05) is 19.0 Å². The van der Waals surface area contributed by atoms with Gasteiger partial charge in [-0.05, 0) is 73.8 Å². The standard InChI is InChI=1S/C27H37N5O3/c1-4-11-31(3)12-14-35-15-13-32-25-8-7-23(19(2)27(25)29-30-32)24(17-26(33)34)21-6-5-20-9-10-28-18-22(20)16-21/h5-8,16,24,28H,4,9-15,17-18H2,1-3H3,(H,33,34). The van der Waals surface area contributed by atoms with Gasteiger partial charge in [0.05, 0.1) is 31.7 Å². The molecule has 4 rings (SSSR count). The zero-order valence-corrected chi connectivity index (χ0v) is 21.1. The highest BCUT2D eigenvalue weighted by molar-refractivity contribution is 5.80. The third-order valence-corrected chi connectivity index (χ3v) is 6.93. The molecule has 3 aromatic rings. The normalized spacial score (nSPS) is 14.4. The first-order valence-electron chi connectivity index (χ1n) is 12.6. The lowest BCUT2D eigenvalue weighted by Gasteiger charge is -2.23. The van der Waals surface area contributed by atoms with Crippen LogP contribution in [0.1, 0.15) is 53.5 Å². The zero-order chi connectivity index (χ0) is 24.8. The van der Waals surface area contributed by atoms with Gasteiger partial charge in [0.25, 0.3) is 0 Å². The monoisotopic (exact) mass is 479 g/mol. The van der Waals surface area contributed by atoms with Gasteiger partial charge >= 0.3 is 5.97 Å².